The van der Waals surface area contributed by atoms with Crippen LogP contribution in [0.2, 0.25) is 0 Å². The third-order valence-corrected chi connectivity index (χ3v) is 7.77. The molecule has 3 rings (SSSR count). The SMILES string of the molecule is CCC(C)(C)C1CCC(NC(=O)C(CCSC)N2C(=O)c3ccccc3C2=O)CC1. The van der Waals surface area contributed by atoms with Crippen molar-refractivity contribution in [3.8, 4) is 0 Å². The van der Waals surface area contributed by atoms with E-state index in [9.17, 15) is 14.4 Å². The summed E-state index contributed by atoms with van der Waals surface area (Å²) in [5, 5.41) is 3.17. The lowest BCUT2D eigenvalue weighted by Crippen LogP contribution is -2.52. The molecule has 30 heavy (non-hydrogen) atoms. The molecule has 1 atom stereocenters. The Bertz CT molecular complexity index is 764. The van der Waals surface area contributed by atoms with Gasteiger partial charge >= 0.3 is 0 Å². The van der Waals surface area contributed by atoms with E-state index in [1.807, 2.05) is 6.26 Å². The molecule has 2 aliphatic rings. The number of hydrogen-bond donors (Lipinski definition) is 1. The second-order valence-corrected chi connectivity index (χ2v) is 10.2. The van der Waals surface area contributed by atoms with Gasteiger partial charge in [-0.2, -0.15) is 11.8 Å². The molecule has 0 radical (unpaired) electrons. The van der Waals surface area contributed by atoms with Gasteiger partial charge in [0.05, 0.1) is 11.1 Å². The Hall–Kier alpha value is -1.82. The Morgan fingerprint density at radius 2 is 1.70 bits per heavy atom. The Balaban J connectivity index is 1.69. The summed E-state index contributed by atoms with van der Waals surface area (Å²) in [6, 6.07) is 6.19. The van der Waals surface area contributed by atoms with Crippen LogP contribution in [-0.4, -0.2) is 46.7 Å². The molecule has 0 bridgehead atoms. The predicted octanol–water partition coefficient (Wildman–Crippen LogP) is 4.52. The second kappa shape index (κ2) is 9.54. The normalized spacial score (nSPS) is 22.7. The molecule has 1 aromatic rings. The minimum atomic E-state index is -0.755. The van der Waals surface area contributed by atoms with Gasteiger partial charge in [0.25, 0.3) is 11.8 Å². The number of benzene rings is 1. The number of hydrogen-bond acceptors (Lipinski definition) is 4. The highest BCUT2D eigenvalue weighted by Gasteiger charge is 2.43. The molecular weight excluding hydrogens is 396 g/mol. The van der Waals surface area contributed by atoms with Crippen molar-refractivity contribution in [1.82, 2.24) is 10.2 Å². The zero-order valence-electron chi connectivity index (χ0n) is 18.6. The lowest BCUT2D eigenvalue weighted by molar-refractivity contribution is -0.126. The van der Waals surface area contributed by atoms with E-state index in [4.69, 9.17) is 0 Å². The smallest absolute Gasteiger partial charge is 0.262 e. The van der Waals surface area contributed by atoms with Crippen molar-refractivity contribution in [2.45, 2.75) is 71.4 Å². The van der Waals surface area contributed by atoms with Crippen molar-refractivity contribution in [2.75, 3.05) is 12.0 Å². The van der Waals surface area contributed by atoms with Crippen molar-refractivity contribution in [2.24, 2.45) is 11.3 Å². The van der Waals surface area contributed by atoms with E-state index in [2.05, 4.69) is 26.1 Å². The number of thioether (sulfide) groups is 1. The van der Waals surface area contributed by atoms with E-state index < -0.39 is 6.04 Å². The number of amides is 3. The molecule has 1 aliphatic heterocycles. The molecule has 1 heterocycles. The highest BCUT2D eigenvalue weighted by atomic mass is 32.2. The van der Waals surface area contributed by atoms with E-state index >= 15 is 0 Å². The fraction of sp³-hybridized carbons (Fsp3) is 0.625. The first-order chi connectivity index (χ1) is 14.3. The summed E-state index contributed by atoms with van der Waals surface area (Å²) in [5.41, 5.74) is 1.12. The molecule has 1 fully saturated rings. The van der Waals surface area contributed by atoms with Crippen LogP contribution in [0.3, 0.4) is 0 Å². The maximum Gasteiger partial charge on any atom is 0.262 e. The van der Waals surface area contributed by atoms with E-state index in [-0.39, 0.29) is 23.8 Å². The van der Waals surface area contributed by atoms with Gasteiger partial charge in [-0.05, 0) is 67.6 Å². The zero-order chi connectivity index (χ0) is 21.9. The summed E-state index contributed by atoms with van der Waals surface area (Å²) in [4.78, 5) is 40.2. The van der Waals surface area contributed by atoms with Gasteiger partial charge in [0.2, 0.25) is 5.91 Å². The molecule has 1 N–H and O–H groups in total. The van der Waals surface area contributed by atoms with Crippen LogP contribution in [0, 0.1) is 11.3 Å². The summed E-state index contributed by atoms with van der Waals surface area (Å²) < 4.78 is 0. The maximum atomic E-state index is 13.2. The van der Waals surface area contributed by atoms with Gasteiger partial charge in [-0.1, -0.05) is 39.3 Å². The number of rotatable bonds is 8. The maximum absolute atomic E-state index is 13.2. The van der Waals surface area contributed by atoms with E-state index in [0.717, 1.165) is 32.1 Å². The van der Waals surface area contributed by atoms with Gasteiger partial charge in [0, 0.05) is 6.04 Å². The highest BCUT2D eigenvalue weighted by molar-refractivity contribution is 7.98. The predicted molar refractivity (Wildman–Crippen MR) is 122 cm³/mol. The van der Waals surface area contributed by atoms with Crippen LogP contribution in [0.1, 0.15) is 80.0 Å². The van der Waals surface area contributed by atoms with Crippen molar-refractivity contribution in [3.63, 3.8) is 0 Å². The summed E-state index contributed by atoms with van der Waals surface area (Å²) >= 11 is 1.61. The number of carbonyl (C=O) groups is 3. The van der Waals surface area contributed by atoms with Crippen LogP contribution in [-0.2, 0) is 4.79 Å². The van der Waals surface area contributed by atoms with Gasteiger partial charge in [-0.25, -0.2) is 0 Å². The van der Waals surface area contributed by atoms with Crippen molar-refractivity contribution in [3.05, 3.63) is 35.4 Å². The molecule has 164 valence electrons. The van der Waals surface area contributed by atoms with Gasteiger partial charge in [0.1, 0.15) is 6.04 Å². The highest BCUT2D eigenvalue weighted by Crippen LogP contribution is 2.40. The number of imide groups is 1. The molecule has 1 unspecified atom stereocenters. The van der Waals surface area contributed by atoms with Crippen LogP contribution in [0.15, 0.2) is 24.3 Å². The van der Waals surface area contributed by atoms with Crippen LogP contribution >= 0.6 is 11.8 Å². The zero-order valence-corrected chi connectivity index (χ0v) is 19.4. The third kappa shape index (κ3) is 4.58. The van der Waals surface area contributed by atoms with Gasteiger partial charge in [0.15, 0.2) is 0 Å². The van der Waals surface area contributed by atoms with Gasteiger partial charge < -0.3 is 5.32 Å². The molecular formula is C24H34N2O3S. The molecule has 0 aromatic heterocycles. The summed E-state index contributed by atoms with van der Waals surface area (Å²) in [7, 11) is 0. The van der Waals surface area contributed by atoms with Gasteiger partial charge in [-0.15, -0.1) is 0 Å². The number of carbonyl (C=O) groups excluding carboxylic acids is 3. The first-order valence-corrected chi connectivity index (χ1v) is 12.5. The fourth-order valence-corrected chi connectivity index (χ4v) is 5.16. The fourth-order valence-electron chi connectivity index (χ4n) is 4.70. The second-order valence-electron chi connectivity index (χ2n) is 9.22. The van der Waals surface area contributed by atoms with Crippen molar-refractivity contribution < 1.29 is 14.4 Å². The molecule has 1 aliphatic carbocycles. The van der Waals surface area contributed by atoms with Crippen molar-refractivity contribution >= 4 is 29.5 Å². The molecule has 1 saturated carbocycles. The third-order valence-electron chi connectivity index (χ3n) is 7.13. The molecule has 1 aromatic carbocycles. The largest absolute Gasteiger partial charge is 0.352 e. The van der Waals surface area contributed by atoms with E-state index in [1.54, 1.807) is 36.0 Å². The topological polar surface area (TPSA) is 66.5 Å². The Kier molecular flexibility index (Phi) is 7.27. The summed E-state index contributed by atoms with van der Waals surface area (Å²) in [6.07, 6.45) is 7.72. The van der Waals surface area contributed by atoms with E-state index in [1.165, 1.54) is 4.90 Å². The monoisotopic (exact) mass is 430 g/mol. The molecule has 0 saturated heterocycles. The lowest BCUT2D eigenvalue weighted by atomic mass is 9.69. The number of nitrogens with zero attached hydrogens (tertiary/aromatic N) is 1. The van der Waals surface area contributed by atoms with Crippen molar-refractivity contribution in [1.29, 1.82) is 0 Å². The average Bonchev–Trinajstić information content (AvgIpc) is 3.00. The van der Waals surface area contributed by atoms with Crippen LogP contribution in [0.5, 0.6) is 0 Å². The molecule has 5 nitrogen and oxygen atoms in total. The molecule has 0 spiro atoms. The number of fused-ring (bicyclic) bond motifs is 1. The molecule has 6 heteroatoms. The average molecular weight is 431 g/mol. The minimum Gasteiger partial charge on any atom is -0.352 e. The Morgan fingerprint density at radius 1 is 1.13 bits per heavy atom. The van der Waals surface area contributed by atoms with Crippen LogP contribution in [0.4, 0.5) is 0 Å². The van der Waals surface area contributed by atoms with Crippen LogP contribution < -0.4 is 5.32 Å². The Labute approximate surface area is 184 Å². The van der Waals surface area contributed by atoms with E-state index in [0.29, 0.717) is 34.6 Å². The number of nitrogens with one attached hydrogen (secondary N) is 1. The standard InChI is InChI=1S/C24H34N2O3S/c1-5-24(2,3)16-10-12-17(13-11-16)25-21(27)20(14-15-30-4)26-22(28)18-8-6-7-9-19(18)23(26)29/h6-9,16-17,20H,5,10-15H2,1-4H3,(H,25,27). The first kappa shape index (κ1) is 22.9. The quantitative estimate of drug-likeness (QED) is 0.616. The van der Waals surface area contributed by atoms with Gasteiger partial charge in [-0.3, -0.25) is 19.3 Å². The molecule has 3 amide bonds. The first-order valence-electron chi connectivity index (χ1n) is 11.1. The summed E-state index contributed by atoms with van der Waals surface area (Å²) in [6.45, 7) is 6.90. The summed E-state index contributed by atoms with van der Waals surface area (Å²) in [5.74, 6) is 0.481. The lowest BCUT2D eigenvalue weighted by Gasteiger charge is -2.39. The minimum absolute atomic E-state index is 0.119. The Morgan fingerprint density at radius 3 is 2.20 bits per heavy atom. The van der Waals surface area contributed by atoms with Crippen LogP contribution in [0.25, 0.3) is 0 Å².